The molecule has 0 aromatic heterocycles. The summed E-state index contributed by atoms with van der Waals surface area (Å²) in [6, 6.07) is 1.62. The normalized spacial score (nSPS) is 27.9. The summed E-state index contributed by atoms with van der Waals surface area (Å²) in [4.78, 5) is 5.24. The maximum atomic E-state index is 3.48. The Morgan fingerprint density at radius 2 is 2.12 bits per heavy atom. The van der Waals surface area contributed by atoms with Crippen LogP contribution in [0.4, 0.5) is 0 Å². The highest BCUT2D eigenvalue weighted by atomic mass is 15.2. The lowest BCUT2D eigenvalue weighted by Gasteiger charge is -2.28. The predicted octanol–water partition coefficient (Wildman–Crippen LogP) is 1.40. The number of rotatable bonds is 7. The highest BCUT2D eigenvalue weighted by Gasteiger charge is 2.31. The van der Waals surface area contributed by atoms with Crippen LogP contribution in [0.2, 0.25) is 0 Å². The molecule has 0 bridgehead atoms. The molecule has 3 heteroatoms. The molecular formula is C14H29N3. The van der Waals surface area contributed by atoms with Crippen LogP contribution in [0.1, 0.15) is 33.1 Å². The summed E-state index contributed by atoms with van der Waals surface area (Å²) in [7, 11) is 2.30. The molecule has 2 atom stereocenters. The van der Waals surface area contributed by atoms with Crippen LogP contribution in [-0.4, -0.2) is 61.7 Å². The summed E-state index contributed by atoms with van der Waals surface area (Å²) in [5.74, 6) is 0.883. The number of hydrogen-bond donors (Lipinski definition) is 1. The van der Waals surface area contributed by atoms with Crippen molar-refractivity contribution in [2.75, 3.05) is 39.8 Å². The van der Waals surface area contributed by atoms with Crippen LogP contribution in [0.3, 0.4) is 0 Å². The number of likely N-dealkylation sites (N-methyl/N-ethyl adjacent to an activating group) is 1. The second-order valence-electron chi connectivity index (χ2n) is 5.97. The van der Waals surface area contributed by atoms with Gasteiger partial charge in [-0.05, 0) is 58.8 Å². The van der Waals surface area contributed by atoms with Crippen molar-refractivity contribution in [3.05, 3.63) is 0 Å². The van der Waals surface area contributed by atoms with E-state index in [1.807, 2.05) is 0 Å². The first-order valence-corrected chi connectivity index (χ1v) is 7.35. The Balaban J connectivity index is 1.66. The van der Waals surface area contributed by atoms with E-state index >= 15 is 0 Å². The summed E-state index contributed by atoms with van der Waals surface area (Å²) in [5.41, 5.74) is 0. The van der Waals surface area contributed by atoms with Crippen LogP contribution >= 0.6 is 0 Å². The van der Waals surface area contributed by atoms with Gasteiger partial charge in [-0.25, -0.2) is 0 Å². The zero-order chi connectivity index (χ0) is 12.3. The molecule has 1 aliphatic heterocycles. The minimum absolute atomic E-state index is 0.723. The van der Waals surface area contributed by atoms with Crippen molar-refractivity contribution in [1.82, 2.24) is 15.1 Å². The van der Waals surface area contributed by atoms with E-state index in [1.54, 1.807) is 0 Å². The average molecular weight is 239 g/mol. The smallest absolute Gasteiger partial charge is 0.0194 e. The molecule has 0 spiro atoms. The molecule has 0 aromatic rings. The minimum Gasteiger partial charge on any atom is -0.317 e. The van der Waals surface area contributed by atoms with Crippen molar-refractivity contribution in [2.45, 2.75) is 45.2 Å². The Morgan fingerprint density at radius 1 is 1.35 bits per heavy atom. The van der Waals surface area contributed by atoms with E-state index in [4.69, 9.17) is 0 Å². The Hall–Kier alpha value is -0.120. The maximum Gasteiger partial charge on any atom is 0.0194 e. The zero-order valence-corrected chi connectivity index (χ0v) is 11.8. The van der Waals surface area contributed by atoms with Gasteiger partial charge in [-0.1, -0.05) is 6.92 Å². The van der Waals surface area contributed by atoms with E-state index in [0.717, 1.165) is 24.5 Å². The zero-order valence-electron chi connectivity index (χ0n) is 11.8. The van der Waals surface area contributed by atoms with Gasteiger partial charge < -0.3 is 10.2 Å². The fourth-order valence-corrected chi connectivity index (χ4v) is 2.94. The van der Waals surface area contributed by atoms with Crippen LogP contribution in [0.25, 0.3) is 0 Å². The van der Waals surface area contributed by atoms with Crippen LogP contribution in [0.5, 0.6) is 0 Å². The van der Waals surface area contributed by atoms with Gasteiger partial charge in [-0.15, -0.1) is 0 Å². The Labute approximate surface area is 107 Å². The standard InChI is InChI=1S/C14H29N3/c1-4-15-9-13-7-8-17(11-13)10-12(2)16(3)14-5-6-14/h12-15H,4-11H2,1-3H3. The van der Waals surface area contributed by atoms with E-state index in [2.05, 4.69) is 36.0 Å². The van der Waals surface area contributed by atoms with Gasteiger partial charge in [0.15, 0.2) is 0 Å². The molecule has 17 heavy (non-hydrogen) atoms. The Morgan fingerprint density at radius 3 is 2.76 bits per heavy atom. The van der Waals surface area contributed by atoms with Crippen LogP contribution in [-0.2, 0) is 0 Å². The molecule has 3 nitrogen and oxygen atoms in total. The van der Waals surface area contributed by atoms with Gasteiger partial charge in [-0.2, -0.15) is 0 Å². The number of nitrogens with one attached hydrogen (secondary N) is 1. The van der Waals surface area contributed by atoms with Gasteiger partial charge in [-0.3, -0.25) is 4.90 Å². The monoisotopic (exact) mass is 239 g/mol. The fraction of sp³-hybridized carbons (Fsp3) is 1.00. The molecular weight excluding hydrogens is 210 g/mol. The first-order chi connectivity index (χ1) is 8.20. The maximum absolute atomic E-state index is 3.48. The van der Waals surface area contributed by atoms with Gasteiger partial charge in [0.1, 0.15) is 0 Å². The molecule has 0 radical (unpaired) electrons. The minimum atomic E-state index is 0.723. The van der Waals surface area contributed by atoms with Crippen LogP contribution in [0, 0.1) is 5.92 Å². The lowest BCUT2D eigenvalue weighted by molar-refractivity contribution is 0.182. The fourth-order valence-electron chi connectivity index (χ4n) is 2.94. The molecule has 1 saturated heterocycles. The van der Waals surface area contributed by atoms with Crippen LogP contribution < -0.4 is 5.32 Å². The van der Waals surface area contributed by atoms with E-state index in [1.165, 1.54) is 45.4 Å². The second-order valence-corrected chi connectivity index (χ2v) is 5.97. The van der Waals surface area contributed by atoms with E-state index in [9.17, 15) is 0 Å². The second kappa shape index (κ2) is 6.17. The van der Waals surface area contributed by atoms with Gasteiger partial charge in [0.2, 0.25) is 0 Å². The molecule has 1 heterocycles. The van der Waals surface area contributed by atoms with Crippen molar-refractivity contribution in [1.29, 1.82) is 0 Å². The lowest BCUT2D eigenvalue weighted by atomic mass is 10.1. The molecule has 2 rings (SSSR count). The Kier molecular flexibility index (Phi) is 4.83. The van der Waals surface area contributed by atoms with E-state index in [0.29, 0.717) is 0 Å². The molecule has 2 fully saturated rings. The van der Waals surface area contributed by atoms with Gasteiger partial charge in [0, 0.05) is 25.2 Å². The third-order valence-electron chi connectivity index (χ3n) is 4.39. The third kappa shape index (κ3) is 3.94. The largest absolute Gasteiger partial charge is 0.317 e. The molecule has 2 aliphatic rings. The molecule has 1 saturated carbocycles. The quantitative estimate of drug-likeness (QED) is 0.724. The summed E-state index contributed by atoms with van der Waals surface area (Å²) < 4.78 is 0. The molecule has 1 N–H and O–H groups in total. The van der Waals surface area contributed by atoms with Gasteiger partial charge >= 0.3 is 0 Å². The third-order valence-corrected chi connectivity index (χ3v) is 4.39. The predicted molar refractivity (Wildman–Crippen MR) is 73.3 cm³/mol. The summed E-state index contributed by atoms with van der Waals surface area (Å²) >= 11 is 0. The molecule has 2 unspecified atom stereocenters. The molecule has 1 aliphatic carbocycles. The number of nitrogens with zero attached hydrogens (tertiary/aromatic N) is 2. The van der Waals surface area contributed by atoms with Crippen molar-refractivity contribution < 1.29 is 0 Å². The first kappa shape index (κ1) is 13.3. The highest BCUT2D eigenvalue weighted by molar-refractivity contribution is 4.87. The van der Waals surface area contributed by atoms with E-state index in [-0.39, 0.29) is 0 Å². The topological polar surface area (TPSA) is 18.5 Å². The van der Waals surface area contributed by atoms with E-state index < -0.39 is 0 Å². The SMILES string of the molecule is CCNCC1CCN(CC(C)N(C)C2CC2)C1. The number of likely N-dealkylation sites (tertiary alicyclic amines) is 1. The molecule has 0 aromatic carbocycles. The van der Waals surface area contributed by atoms with Crippen molar-refractivity contribution >= 4 is 0 Å². The Bertz CT molecular complexity index is 228. The first-order valence-electron chi connectivity index (χ1n) is 7.35. The van der Waals surface area contributed by atoms with Crippen LogP contribution in [0.15, 0.2) is 0 Å². The van der Waals surface area contributed by atoms with Crippen molar-refractivity contribution in [2.24, 2.45) is 5.92 Å². The summed E-state index contributed by atoms with van der Waals surface area (Å²) in [6.45, 7) is 10.8. The molecule has 0 amide bonds. The summed E-state index contributed by atoms with van der Waals surface area (Å²) in [6.07, 6.45) is 4.22. The number of hydrogen-bond acceptors (Lipinski definition) is 3. The van der Waals surface area contributed by atoms with Gasteiger partial charge in [0.25, 0.3) is 0 Å². The highest BCUT2D eigenvalue weighted by Crippen LogP contribution is 2.27. The molecule has 100 valence electrons. The van der Waals surface area contributed by atoms with Crippen molar-refractivity contribution in [3.63, 3.8) is 0 Å². The van der Waals surface area contributed by atoms with Gasteiger partial charge in [0.05, 0.1) is 0 Å². The average Bonchev–Trinajstić information content (AvgIpc) is 3.08. The summed E-state index contributed by atoms with van der Waals surface area (Å²) in [5, 5.41) is 3.48. The van der Waals surface area contributed by atoms with Crippen molar-refractivity contribution in [3.8, 4) is 0 Å². The lowest BCUT2D eigenvalue weighted by Crippen LogP contribution is -2.40.